The minimum absolute atomic E-state index is 0. The second-order valence-corrected chi connectivity index (χ2v) is 7.57. The topological polar surface area (TPSA) is 73.8 Å². The third-order valence-corrected chi connectivity index (χ3v) is 5.00. The van der Waals surface area contributed by atoms with Gasteiger partial charge in [0.05, 0.1) is 17.9 Å². The van der Waals surface area contributed by atoms with E-state index in [0.29, 0.717) is 6.54 Å². The number of nitrogens with zero attached hydrogens (tertiary/aromatic N) is 2. The number of halogens is 4. The van der Waals surface area contributed by atoms with Crippen LogP contribution in [0.15, 0.2) is 34.2 Å². The predicted octanol–water partition coefficient (Wildman–Crippen LogP) is 2.56. The number of hydrogen-bond acceptors (Lipinski definition) is 3. The minimum atomic E-state index is -4.22. The van der Waals surface area contributed by atoms with Crippen molar-refractivity contribution in [3.05, 3.63) is 29.8 Å². The van der Waals surface area contributed by atoms with Gasteiger partial charge in [-0.2, -0.15) is 13.2 Å². The third-order valence-electron chi connectivity index (χ3n) is 3.17. The van der Waals surface area contributed by atoms with Crippen molar-refractivity contribution >= 4 is 40.0 Å². The van der Waals surface area contributed by atoms with E-state index in [2.05, 4.69) is 15.6 Å². The van der Waals surface area contributed by atoms with Gasteiger partial charge in [0.15, 0.2) is 5.96 Å². The fourth-order valence-corrected chi connectivity index (χ4v) is 2.71. The van der Waals surface area contributed by atoms with E-state index in [1.54, 1.807) is 12.1 Å². The van der Waals surface area contributed by atoms with Crippen molar-refractivity contribution in [2.45, 2.75) is 31.0 Å². The molecule has 0 aliphatic carbocycles. The maximum absolute atomic E-state index is 12.2. The van der Waals surface area contributed by atoms with Crippen LogP contribution in [0.1, 0.15) is 18.9 Å². The Bertz CT molecular complexity index is 677. The Kier molecular flexibility index (Phi) is 10.5. The molecule has 6 nitrogen and oxygen atoms in total. The van der Waals surface area contributed by atoms with Crippen LogP contribution in [0, 0.1) is 0 Å². The molecule has 0 fully saturated rings. The first-order valence-electron chi connectivity index (χ1n) is 7.66. The highest BCUT2D eigenvalue weighted by atomic mass is 127. The van der Waals surface area contributed by atoms with Gasteiger partial charge in [-0.05, 0) is 24.6 Å². The highest BCUT2D eigenvalue weighted by Gasteiger charge is 2.26. The summed E-state index contributed by atoms with van der Waals surface area (Å²) in [5, 5.41) is 5.47. The normalized spacial score (nSPS) is 12.7. The zero-order valence-corrected chi connectivity index (χ0v) is 17.9. The lowest BCUT2D eigenvalue weighted by molar-refractivity contribution is -0.132. The predicted molar refractivity (Wildman–Crippen MR) is 106 cm³/mol. The lowest BCUT2D eigenvalue weighted by Gasteiger charge is -2.13. The molecule has 1 rings (SSSR count). The quantitative estimate of drug-likeness (QED) is 0.338. The Morgan fingerprint density at radius 1 is 1.15 bits per heavy atom. The van der Waals surface area contributed by atoms with Crippen molar-refractivity contribution < 1.29 is 21.6 Å². The first-order valence-corrected chi connectivity index (χ1v) is 9.10. The molecule has 0 unspecified atom stereocenters. The summed E-state index contributed by atoms with van der Waals surface area (Å²) >= 11 is 0. The van der Waals surface area contributed by atoms with E-state index in [0.717, 1.165) is 9.87 Å². The van der Waals surface area contributed by atoms with Gasteiger partial charge in [0.25, 0.3) is 0 Å². The van der Waals surface area contributed by atoms with Crippen molar-refractivity contribution in [1.29, 1.82) is 0 Å². The summed E-state index contributed by atoms with van der Waals surface area (Å²) in [6.07, 6.45) is -5.17. The molecule has 0 spiro atoms. The largest absolute Gasteiger partial charge is 0.390 e. The van der Waals surface area contributed by atoms with Crippen LogP contribution in [0.5, 0.6) is 0 Å². The summed E-state index contributed by atoms with van der Waals surface area (Å²) in [5.41, 5.74) is 0.741. The minimum Gasteiger partial charge on any atom is -0.357 e. The van der Waals surface area contributed by atoms with Crippen LogP contribution in [-0.4, -0.2) is 52.0 Å². The zero-order chi connectivity index (χ0) is 19.1. The maximum atomic E-state index is 12.2. The molecule has 26 heavy (non-hydrogen) atoms. The van der Waals surface area contributed by atoms with Crippen LogP contribution < -0.4 is 10.6 Å². The average molecular weight is 508 g/mol. The lowest BCUT2D eigenvalue weighted by atomic mass is 10.2. The molecule has 0 saturated heterocycles. The number of alkyl halides is 3. The van der Waals surface area contributed by atoms with Gasteiger partial charge in [-0.25, -0.2) is 17.7 Å². The molecule has 1 aromatic rings. The fourth-order valence-electron chi connectivity index (χ4n) is 1.81. The van der Waals surface area contributed by atoms with E-state index in [9.17, 15) is 21.6 Å². The van der Waals surface area contributed by atoms with E-state index < -0.39 is 22.6 Å². The van der Waals surface area contributed by atoms with Crippen molar-refractivity contribution in [1.82, 2.24) is 14.9 Å². The first-order chi connectivity index (χ1) is 11.6. The summed E-state index contributed by atoms with van der Waals surface area (Å²) in [6, 6.07) is 6.20. The van der Waals surface area contributed by atoms with Gasteiger partial charge in [0, 0.05) is 27.2 Å². The molecule has 0 atom stereocenters. The number of nitrogens with one attached hydrogen (secondary N) is 2. The van der Waals surface area contributed by atoms with E-state index >= 15 is 0 Å². The number of benzene rings is 1. The standard InChI is InChI=1S/C15H23F3N4O2S.HI/c1-4-19-14(20-10-9-15(16,17)18)21-11-12-5-7-13(8-6-12)25(23,24)22(2)3;/h5-8H,4,9-11H2,1-3H3,(H2,19,20,21);1H. The van der Waals surface area contributed by atoms with Gasteiger partial charge < -0.3 is 10.6 Å². The lowest BCUT2D eigenvalue weighted by Crippen LogP contribution is -2.38. The van der Waals surface area contributed by atoms with Crippen molar-refractivity contribution in [3.63, 3.8) is 0 Å². The van der Waals surface area contributed by atoms with E-state index in [-0.39, 0.29) is 47.9 Å². The van der Waals surface area contributed by atoms with Crippen LogP contribution in [0.3, 0.4) is 0 Å². The maximum Gasteiger partial charge on any atom is 0.390 e. The second-order valence-electron chi connectivity index (χ2n) is 5.42. The molecule has 0 aromatic heterocycles. The summed E-state index contributed by atoms with van der Waals surface area (Å²) in [7, 11) is -0.599. The summed E-state index contributed by atoms with van der Waals surface area (Å²) < 4.78 is 61.6. The Labute approximate surface area is 169 Å². The summed E-state index contributed by atoms with van der Waals surface area (Å²) in [4.78, 5) is 4.36. The molecule has 0 radical (unpaired) electrons. The number of rotatable bonds is 7. The van der Waals surface area contributed by atoms with Crippen molar-refractivity contribution in [2.24, 2.45) is 4.99 Å². The second kappa shape index (κ2) is 10.9. The smallest absolute Gasteiger partial charge is 0.357 e. The number of aliphatic imine (C=N–C) groups is 1. The Balaban J connectivity index is 0.00000625. The number of sulfonamides is 1. The van der Waals surface area contributed by atoms with Gasteiger partial charge in [-0.3, -0.25) is 0 Å². The average Bonchev–Trinajstić information content (AvgIpc) is 2.51. The molecule has 2 N–H and O–H groups in total. The highest BCUT2D eigenvalue weighted by Crippen LogP contribution is 2.18. The molecule has 1 aromatic carbocycles. The summed E-state index contributed by atoms with van der Waals surface area (Å²) in [5.74, 6) is 0.275. The molecule has 0 amide bonds. The van der Waals surface area contributed by atoms with Crippen LogP contribution in [0.2, 0.25) is 0 Å². The highest BCUT2D eigenvalue weighted by molar-refractivity contribution is 14.0. The van der Waals surface area contributed by atoms with Crippen LogP contribution in [-0.2, 0) is 16.6 Å². The van der Waals surface area contributed by atoms with E-state index in [1.807, 2.05) is 6.92 Å². The molecular weight excluding hydrogens is 484 g/mol. The van der Waals surface area contributed by atoms with Gasteiger partial charge in [-0.15, -0.1) is 24.0 Å². The van der Waals surface area contributed by atoms with E-state index in [4.69, 9.17) is 0 Å². The summed E-state index contributed by atoms with van der Waals surface area (Å²) in [6.45, 7) is 2.26. The van der Waals surface area contributed by atoms with Gasteiger partial charge >= 0.3 is 6.18 Å². The molecular formula is C15H24F3IN4O2S. The Morgan fingerprint density at radius 2 is 1.73 bits per heavy atom. The molecule has 0 bridgehead atoms. The molecule has 150 valence electrons. The van der Waals surface area contributed by atoms with Gasteiger partial charge in [-0.1, -0.05) is 12.1 Å². The molecule has 0 heterocycles. The third kappa shape index (κ3) is 8.54. The monoisotopic (exact) mass is 508 g/mol. The fraction of sp³-hybridized carbons (Fsp3) is 0.533. The van der Waals surface area contributed by atoms with Gasteiger partial charge in [0.2, 0.25) is 10.0 Å². The molecule has 0 aliphatic rings. The SMILES string of the molecule is CCNC(=NCc1ccc(S(=O)(=O)N(C)C)cc1)NCCC(F)(F)F.I. The van der Waals surface area contributed by atoms with Crippen LogP contribution in [0.4, 0.5) is 13.2 Å². The number of guanidine groups is 1. The number of hydrogen-bond donors (Lipinski definition) is 2. The zero-order valence-electron chi connectivity index (χ0n) is 14.8. The first kappa shape index (κ1) is 24.9. The molecule has 0 aliphatic heterocycles. The Morgan fingerprint density at radius 3 is 2.19 bits per heavy atom. The molecule has 11 heteroatoms. The van der Waals surface area contributed by atoms with Crippen LogP contribution in [0.25, 0.3) is 0 Å². The van der Waals surface area contributed by atoms with Crippen LogP contribution >= 0.6 is 24.0 Å². The Hall–Kier alpha value is -1.08. The van der Waals surface area contributed by atoms with Gasteiger partial charge in [0.1, 0.15) is 0 Å². The molecule has 0 saturated carbocycles. The van der Waals surface area contributed by atoms with E-state index in [1.165, 1.54) is 26.2 Å². The van der Waals surface area contributed by atoms with Crippen molar-refractivity contribution in [3.8, 4) is 0 Å². The van der Waals surface area contributed by atoms with Crippen molar-refractivity contribution in [2.75, 3.05) is 27.2 Å².